The van der Waals surface area contributed by atoms with E-state index in [-0.39, 0.29) is 0 Å². The first-order chi connectivity index (χ1) is 8.20. The molecule has 1 heterocycles. The van der Waals surface area contributed by atoms with Gasteiger partial charge in [0.15, 0.2) is 0 Å². The number of aryl methyl sites for hydroxylation is 2. The molecule has 0 radical (unpaired) electrons. The molecule has 94 valence electrons. The van der Waals surface area contributed by atoms with E-state index < -0.39 is 0 Å². The van der Waals surface area contributed by atoms with E-state index in [1.54, 1.807) is 0 Å². The second-order valence-corrected chi connectivity index (χ2v) is 5.20. The summed E-state index contributed by atoms with van der Waals surface area (Å²) in [6.07, 6.45) is 5.27. The van der Waals surface area contributed by atoms with Crippen LogP contribution in [-0.4, -0.2) is 11.6 Å². The summed E-state index contributed by atoms with van der Waals surface area (Å²) in [5, 5.41) is 0. The van der Waals surface area contributed by atoms with Crippen molar-refractivity contribution in [3.8, 4) is 5.88 Å². The lowest BCUT2D eigenvalue weighted by Crippen LogP contribution is -2.15. The summed E-state index contributed by atoms with van der Waals surface area (Å²) >= 11 is 5.95. The first-order valence-electron chi connectivity index (χ1n) is 6.36. The third kappa shape index (κ3) is 3.12. The molecule has 1 saturated carbocycles. The van der Waals surface area contributed by atoms with Crippen molar-refractivity contribution in [1.29, 1.82) is 0 Å². The summed E-state index contributed by atoms with van der Waals surface area (Å²) in [5.74, 6) is 2.08. The van der Waals surface area contributed by atoms with Gasteiger partial charge in [-0.05, 0) is 37.8 Å². The molecule has 0 bridgehead atoms. The Balaban J connectivity index is 1.97. The third-order valence-electron chi connectivity index (χ3n) is 3.56. The molecule has 1 aliphatic rings. The molecule has 0 saturated heterocycles. The van der Waals surface area contributed by atoms with Gasteiger partial charge in [0, 0.05) is 11.3 Å². The summed E-state index contributed by atoms with van der Waals surface area (Å²) in [6.45, 7) is 4.82. The summed E-state index contributed by atoms with van der Waals surface area (Å²) in [7, 11) is 0. The largest absolute Gasteiger partial charge is 0.477 e. The zero-order chi connectivity index (χ0) is 12.3. The Morgan fingerprint density at radius 1 is 1.41 bits per heavy atom. The molecule has 0 aliphatic heterocycles. The van der Waals surface area contributed by atoms with Crippen LogP contribution in [0.4, 0.5) is 0 Å². The van der Waals surface area contributed by atoms with Crippen LogP contribution in [-0.2, 0) is 5.88 Å². The molecule has 0 atom stereocenters. The molecule has 1 aliphatic carbocycles. The number of rotatable bonds is 5. The van der Waals surface area contributed by atoms with Crippen LogP contribution in [0.15, 0.2) is 6.07 Å². The molecule has 2 rings (SSSR count). The topological polar surface area (TPSA) is 22.1 Å². The predicted molar refractivity (Wildman–Crippen MR) is 70.7 cm³/mol. The van der Waals surface area contributed by atoms with Gasteiger partial charge in [0.25, 0.3) is 0 Å². The molecule has 0 aromatic carbocycles. The first-order valence-corrected chi connectivity index (χ1v) is 6.90. The van der Waals surface area contributed by atoms with Gasteiger partial charge < -0.3 is 4.74 Å². The van der Waals surface area contributed by atoms with E-state index in [1.165, 1.54) is 24.8 Å². The molecule has 1 fully saturated rings. The van der Waals surface area contributed by atoms with Crippen molar-refractivity contribution in [3.63, 3.8) is 0 Å². The van der Waals surface area contributed by atoms with Gasteiger partial charge in [0.1, 0.15) is 0 Å². The lowest BCUT2D eigenvalue weighted by Gasteiger charge is -2.25. The standard InChI is InChI=1S/C14H20ClNO/c1-10-8-11(2)16-14(13(10)9-15)17-7-6-12-4-3-5-12/h8,12H,3-7,9H2,1-2H3. The van der Waals surface area contributed by atoms with Crippen LogP contribution in [0.25, 0.3) is 0 Å². The number of halogens is 1. The fourth-order valence-electron chi connectivity index (χ4n) is 2.21. The lowest BCUT2D eigenvalue weighted by atomic mass is 9.83. The van der Waals surface area contributed by atoms with Crippen molar-refractivity contribution < 1.29 is 4.74 Å². The molecule has 0 spiro atoms. The van der Waals surface area contributed by atoms with Gasteiger partial charge in [0.2, 0.25) is 5.88 Å². The number of hydrogen-bond acceptors (Lipinski definition) is 2. The highest BCUT2D eigenvalue weighted by Crippen LogP contribution is 2.30. The average Bonchev–Trinajstić information content (AvgIpc) is 2.21. The van der Waals surface area contributed by atoms with Crippen LogP contribution in [0.5, 0.6) is 5.88 Å². The number of pyridine rings is 1. The highest BCUT2D eigenvalue weighted by Gasteiger charge is 2.17. The van der Waals surface area contributed by atoms with Crippen molar-refractivity contribution in [2.75, 3.05) is 6.61 Å². The Hall–Kier alpha value is -0.760. The average molecular weight is 254 g/mol. The maximum Gasteiger partial charge on any atom is 0.218 e. The van der Waals surface area contributed by atoms with Crippen molar-refractivity contribution in [1.82, 2.24) is 4.98 Å². The minimum atomic E-state index is 0.470. The SMILES string of the molecule is Cc1cc(C)c(CCl)c(OCCC2CCC2)n1. The Bertz CT molecular complexity index is 388. The van der Waals surface area contributed by atoms with Crippen LogP contribution in [0, 0.1) is 19.8 Å². The van der Waals surface area contributed by atoms with Crippen LogP contribution in [0.2, 0.25) is 0 Å². The molecule has 0 N–H and O–H groups in total. The minimum Gasteiger partial charge on any atom is -0.477 e. The number of hydrogen-bond donors (Lipinski definition) is 0. The number of ether oxygens (including phenoxy) is 1. The normalized spacial score (nSPS) is 15.7. The fraction of sp³-hybridized carbons (Fsp3) is 0.643. The van der Waals surface area contributed by atoms with Gasteiger partial charge in [0.05, 0.1) is 12.5 Å². The number of aromatic nitrogens is 1. The van der Waals surface area contributed by atoms with Gasteiger partial charge in [-0.3, -0.25) is 0 Å². The Kier molecular flexibility index (Phi) is 4.27. The van der Waals surface area contributed by atoms with Crippen LogP contribution >= 0.6 is 11.6 Å². The Morgan fingerprint density at radius 2 is 2.18 bits per heavy atom. The van der Waals surface area contributed by atoms with Crippen molar-refractivity contribution in [3.05, 3.63) is 22.9 Å². The van der Waals surface area contributed by atoms with E-state index in [0.717, 1.165) is 36.1 Å². The predicted octanol–water partition coefficient (Wildman–Crippen LogP) is 4.01. The molecule has 2 nitrogen and oxygen atoms in total. The van der Waals surface area contributed by atoms with Gasteiger partial charge >= 0.3 is 0 Å². The third-order valence-corrected chi connectivity index (χ3v) is 3.83. The van der Waals surface area contributed by atoms with E-state index in [2.05, 4.69) is 18.0 Å². The maximum atomic E-state index is 5.95. The molecule has 1 aromatic heterocycles. The summed E-state index contributed by atoms with van der Waals surface area (Å²) in [5.41, 5.74) is 3.20. The van der Waals surface area contributed by atoms with E-state index in [4.69, 9.17) is 16.3 Å². The van der Waals surface area contributed by atoms with Crippen LogP contribution in [0.3, 0.4) is 0 Å². The lowest BCUT2D eigenvalue weighted by molar-refractivity contribution is 0.216. The monoisotopic (exact) mass is 253 g/mol. The van der Waals surface area contributed by atoms with Gasteiger partial charge in [-0.1, -0.05) is 19.3 Å². The van der Waals surface area contributed by atoms with Crippen molar-refractivity contribution >= 4 is 11.6 Å². The second-order valence-electron chi connectivity index (χ2n) is 4.93. The van der Waals surface area contributed by atoms with Crippen molar-refractivity contribution in [2.24, 2.45) is 5.92 Å². The smallest absolute Gasteiger partial charge is 0.218 e. The van der Waals surface area contributed by atoms with E-state index in [0.29, 0.717) is 5.88 Å². The molecule has 3 heteroatoms. The zero-order valence-electron chi connectivity index (χ0n) is 10.6. The minimum absolute atomic E-state index is 0.470. The van der Waals surface area contributed by atoms with Gasteiger partial charge in [-0.25, -0.2) is 4.98 Å². The molecular weight excluding hydrogens is 234 g/mol. The van der Waals surface area contributed by atoms with Crippen LogP contribution < -0.4 is 4.74 Å². The summed E-state index contributed by atoms with van der Waals surface area (Å²) in [6, 6.07) is 2.05. The summed E-state index contributed by atoms with van der Waals surface area (Å²) in [4.78, 5) is 4.44. The zero-order valence-corrected chi connectivity index (χ0v) is 11.4. The molecule has 17 heavy (non-hydrogen) atoms. The fourth-order valence-corrected chi connectivity index (χ4v) is 2.54. The Morgan fingerprint density at radius 3 is 2.76 bits per heavy atom. The summed E-state index contributed by atoms with van der Waals surface area (Å²) < 4.78 is 5.80. The van der Waals surface area contributed by atoms with E-state index in [1.807, 2.05) is 6.92 Å². The van der Waals surface area contributed by atoms with Gasteiger partial charge in [-0.15, -0.1) is 11.6 Å². The van der Waals surface area contributed by atoms with Crippen molar-refractivity contribution in [2.45, 2.75) is 45.4 Å². The highest BCUT2D eigenvalue weighted by atomic mass is 35.5. The maximum absolute atomic E-state index is 5.95. The molecule has 0 unspecified atom stereocenters. The van der Waals surface area contributed by atoms with E-state index in [9.17, 15) is 0 Å². The number of alkyl halides is 1. The molecular formula is C14H20ClNO. The van der Waals surface area contributed by atoms with Gasteiger partial charge in [-0.2, -0.15) is 0 Å². The quantitative estimate of drug-likeness (QED) is 0.740. The molecule has 0 amide bonds. The first kappa shape index (κ1) is 12.7. The van der Waals surface area contributed by atoms with E-state index >= 15 is 0 Å². The Labute approximate surface area is 108 Å². The highest BCUT2D eigenvalue weighted by molar-refractivity contribution is 6.17. The van der Waals surface area contributed by atoms with Crippen LogP contribution in [0.1, 0.15) is 42.5 Å². The number of nitrogens with zero attached hydrogens (tertiary/aromatic N) is 1. The molecule has 1 aromatic rings. The second kappa shape index (κ2) is 5.72.